The zero-order valence-electron chi connectivity index (χ0n) is 35.9. The molecule has 0 spiro atoms. The van der Waals surface area contributed by atoms with Crippen molar-refractivity contribution >= 4 is 71.1 Å². The van der Waals surface area contributed by atoms with Crippen molar-refractivity contribution < 1.29 is 83.1 Å². The Bertz CT molecular complexity index is 1700. The maximum Gasteiger partial charge on any atom is 0.326 e. The van der Waals surface area contributed by atoms with Gasteiger partial charge in [0.25, 0.3) is 0 Å². The lowest BCUT2D eigenvalue weighted by atomic mass is 9.96. The Kier molecular flexibility index (Phi) is 26.1. The van der Waals surface area contributed by atoms with Crippen LogP contribution in [0.5, 0.6) is 0 Å². The van der Waals surface area contributed by atoms with Gasteiger partial charge in [0, 0.05) is 0 Å². The number of nitrogens with two attached hydrogens (primary N) is 3. The summed E-state index contributed by atoms with van der Waals surface area (Å²) in [6.45, 7) is 6.19. The summed E-state index contributed by atoms with van der Waals surface area (Å²) in [5, 5.41) is 61.8. The lowest BCUT2D eigenvalue weighted by Crippen LogP contribution is -2.61. The summed E-state index contributed by atoms with van der Waals surface area (Å²) in [7, 11) is 0. The van der Waals surface area contributed by atoms with Gasteiger partial charge >= 0.3 is 23.9 Å². The predicted octanol–water partition coefficient (Wildman–Crippen LogP) is -5.70. The zero-order valence-corrected chi connectivity index (χ0v) is 35.9. The third kappa shape index (κ3) is 22.0. The smallest absolute Gasteiger partial charge is 0.326 e. The second-order valence-electron chi connectivity index (χ2n) is 15.2. The quantitative estimate of drug-likeness (QED) is 0.0280. The standard InChI is InChI=1S/C37H62N10O17/c1-5-17(4)29(47-31(57)19(8-6-7-9-38)41-32(58)20(10-16(2)3)42-30(56)18(39)15-48)36(62)45-23(13-27(52)53)34(60)43-21(11-25(40)49)33(59)44-22(12-26(50)51)35(61)46-24(37(63)64)14-28(54)55/h16-24,29,48H,5-15,38-39H2,1-4H3,(H2,40,49)(H,41,58)(H,42,56)(H,43,60)(H,44,59)(H,45,62)(H,46,61)(H,47,57)(H,50,51)(H,52,53)(H,54,55)(H,63,64)/t17-,18-,19-,20-,21-,22-,23-,24-,29-/m0/s1. The van der Waals surface area contributed by atoms with Gasteiger partial charge in [-0.3, -0.25) is 52.7 Å². The summed E-state index contributed by atoms with van der Waals surface area (Å²) in [6.07, 6.45) is -3.56. The number of unbranched alkanes of at least 4 members (excludes halogenated alkanes) is 1. The summed E-state index contributed by atoms with van der Waals surface area (Å²) in [6, 6.07) is -13.7. The summed E-state index contributed by atoms with van der Waals surface area (Å²) in [4.78, 5) is 151. The molecular weight excluding hydrogens is 856 g/mol. The van der Waals surface area contributed by atoms with E-state index in [0.717, 1.165) is 0 Å². The highest BCUT2D eigenvalue weighted by molar-refractivity contribution is 6.00. The normalized spacial score (nSPS) is 15.2. The van der Waals surface area contributed by atoms with Crippen LogP contribution in [0.2, 0.25) is 0 Å². The van der Waals surface area contributed by atoms with Crippen LogP contribution in [0.1, 0.15) is 85.5 Å². The van der Waals surface area contributed by atoms with Crippen molar-refractivity contribution in [3.05, 3.63) is 0 Å². The van der Waals surface area contributed by atoms with E-state index in [-0.39, 0.29) is 31.7 Å². The maximum atomic E-state index is 13.8. The molecule has 0 fully saturated rings. The Morgan fingerprint density at radius 1 is 0.516 bits per heavy atom. The highest BCUT2D eigenvalue weighted by Crippen LogP contribution is 2.13. The van der Waals surface area contributed by atoms with Crippen molar-refractivity contribution in [1.82, 2.24) is 37.2 Å². The molecule has 0 aromatic heterocycles. The average Bonchev–Trinajstić information content (AvgIpc) is 3.19. The van der Waals surface area contributed by atoms with Crippen molar-refractivity contribution in [3.8, 4) is 0 Å². The lowest BCUT2D eigenvalue weighted by Gasteiger charge is -2.29. The molecule has 9 atom stereocenters. The van der Waals surface area contributed by atoms with Crippen LogP contribution in [0.25, 0.3) is 0 Å². The monoisotopic (exact) mass is 918 g/mol. The van der Waals surface area contributed by atoms with Gasteiger partial charge in [0.15, 0.2) is 0 Å². The molecule has 0 saturated heterocycles. The molecule has 0 heterocycles. The number of carboxylic acid groups (broad SMARTS) is 4. The van der Waals surface area contributed by atoms with E-state index in [2.05, 4.69) is 21.3 Å². The van der Waals surface area contributed by atoms with Crippen LogP contribution in [0.15, 0.2) is 0 Å². The number of primary amides is 1. The second-order valence-corrected chi connectivity index (χ2v) is 15.2. The van der Waals surface area contributed by atoms with E-state index in [4.69, 9.17) is 22.3 Å². The Hall–Kier alpha value is -6.48. The van der Waals surface area contributed by atoms with E-state index in [1.807, 2.05) is 10.6 Å². The van der Waals surface area contributed by atoms with Gasteiger partial charge in [0.1, 0.15) is 48.3 Å². The minimum atomic E-state index is -2.13. The fraction of sp³-hybridized carbons (Fsp3) is 0.676. The van der Waals surface area contributed by atoms with Crippen LogP contribution >= 0.6 is 0 Å². The largest absolute Gasteiger partial charge is 0.481 e. The Morgan fingerprint density at radius 3 is 1.31 bits per heavy atom. The average molecular weight is 919 g/mol. The first-order valence-corrected chi connectivity index (χ1v) is 20.1. The molecule has 0 saturated carbocycles. The number of amides is 8. The predicted molar refractivity (Wildman–Crippen MR) is 219 cm³/mol. The first kappa shape index (κ1) is 57.5. The molecule has 0 aromatic rings. The number of carbonyl (C=O) groups is 12. The number of aliphatic hydroxyl groups is 1. The highest BCUT2D eigenvalue weighted by Gasteiger charge is 2.37. The van der Waals surface area contributed by atoms with Crippen LogP contribution in [-0.2, 0) is 57.5 Å². The van der Waals surface area contributed by atoms with E-state index in [9.17, 15) is 78.0 Å². The second kappa shape index (κ2) is 29.0. The zero-order chi connectivity index (χ0) is 49.4. The number of aliphatic hydroxyl groups excluding tert-OH is 1. The number of hydrogen-bond acceptors (Lipinski definition) is 15. The molecule has 0 rings (SSSR count). The molecule has 0 aromatic carbocycles. The van der Waals surface area contributed by atoms with Crippen LogP contribution in [0.4, 0.5) is 0 Å². The molecular formula is C37H62N10O17. The van der Waals surface area contributed by atoms with Gasteiger partial charge in [-0.1, -0.05) is 34.1 Å². The fourth-order valence-electron chi connectivity index (χ4n) is 5.69. The van der Waals surface area contributed by atoms with Crippen molar-refractivity contribution in [2.45, 2.75) is 134 Å². The van der Waals surface area contributed by atoms with Gasteiger partial charge in [-0.05, 0) is 44.1 Å². The Morgan fingerprint density at radius 2 is 0.906 bits per heavy atom. The van der Waals surface area contributed by atoms with E-state index in [0.29, 0.717) is 12.8 Å². The van der Waals surface area contributed by atoms with Crippen molar-refractivity contribution in [3.63, 3.8) is 0 Å². The third-order valence-corrected chi connectivity index (χ3v) is 9.30. The van der Waals surface area contributed by atoms with Crippen molar-refractivity contribution in [1.29, 1.82) is 0 Å². The van der Waals surface area contributed by atoms with Crippen LogP contribution in [0.3, 0.4) is 0 Å². The van der Waals surface area contributed by atoms with Gasteiger partial charge in [0.05, 0.1) is 32.3 Å². The van der Waals surface area contributed by atoms with E-state index < -0.39 is 158 Å². The maximum absolute atomic E-state index is 13.8. The third-order valence-electron chi connectivity index (χ3n) is 9.30. The lowest BCUT2D eigenvalue weighted by molar-refractivity contribution is -0.148. The molecule has 0 radical (unpaired) electrons. The molecule has 27 heteroatoms. The van der Waals surface area contributed by atoms with Crippen LogP contribution in [0, 0.1) is 11.8 Å². The molecule has 27 nitrogen and oxygen atoms in total. The summed E-state index contributed by atoms with van der Waals surface area (Å²) in [5.74, 6) is -17.1. The van der Waals surface area contributed by atoms with Gasteiger partial charge in [-0.15, -0.1) is 0 Å². The van der Waals surface area contributed by atoms with Crippen molar-refractivity contribution in [2.75, 3.05) is 13.2 Å². The molecule has 0 unspecified atom stereocenters. The Balaban J connectivity index is 6.61. The molecule has 18 N–H and O–H groups in total. The van der Waals surface area contributed by atoms with Gasteiger partial charge < -0.3 is 80.0 Å². The SMILES string of the molecule is CC[C@H](C)[C@H](NC(=O)[C@H](CCCCN)NC(=O)[C@H](CC(C)C)NC(=O)[C@@H](N)CO)C(=O)N[C@@H](CC(=O)O)C(=O)N[C@@H](CC(N)=O)C(=O)N[C@@H](CC(=O)O)C(=O)N[C@@H](CC(=O)O)C(=O)O. The fourth-order valence-corrected chi connectivity index (χ4v) is 5.69. The number of hydrogen-bond donors (Lipinski definition) is 15. The number of aliphatic carboxylic acids is 4. The number of rotatable bonds is 32. The van der Waals surface area contributed by atoms with Crippen LogP contribution in [-0.4, -0.2) is 158 Å². The van der Waals surface area contributed by atoms with E-state index in [1.54, 1.807) is 26.1 Å². The first-order valence-electron chi connectivity index (χ1n) is 20.1. The minimum absolute atomic E-state index is 0.00701. The molecule has 0 bridgehead atoms. The van der Waals surface area contributed by atoms with E-state index >= 15 is 0 Å². The highest BCUT2D eigenvalue weighted by atomic mass is 16.4. The summed E-state index contributed by atoms with van der Waals surface area (Å²) in [5.41, 5.74) is 16.5. The summed E-state index contributed by atoms with van der Waals surface area (Å²) >= 11 is 0. The molecule has 0 aliphatic heterocycles. The van der Waals surface area contributed by atoms with Gasteiger partial charge in [-0.25, -0.2) is 4.79 Å². The minimum Gasteiger partial charge on any atom is -0.481 e. The number of carbonyl (C=O) groups excluding carboxylic acids is 8. The summed E-state index contributed by atoms with van der Waals surface area (Å²) < 4.78 is 0. The van der Waals surface area contributed by atoms with Gasteiger partial charge in [-0.2, -0.15) is 0 Å². The molecule has 362 valence electrons. The Labute approximate surface area is 367 Å². The molecule has 8 amide bonds. The molecule has 64 heavy (non-hydrogen) atoms. The number of nitrogens with one attached hydrogen (secondary N) is 7. The van der Waals surface area contributed by atoms with Gasteiger partial charge in [0.2, 0.25) is 47.3 Å². The first-order chi connectivity index (χ1) is 29.8. The number of carboxylic acids is 4. The van der Waals surface area contributed by atoms with Crippen LogP contribution < -0.4 is 54.4 Å². The molecule has 0 aliphatic rings. The molecule has 0 aliphatic carbocycles. The topological polar surface area (TPSA) is 468 Å². The van der Waals surface area contributed by atoms with E-state index in [1.165, 1.54) is 6.92 Å². The van der Waals surface area contributed by atoms with Crippen molar-refractivity contribution in [2.24, 2.45) is 29.0 Å².